The highest BCUT2D eigenvalue weighted by Crippen LogP contribution is 2.34. The van der Waals surface area contributed by atoms with Crippen LogP contribution in [-0.2, 0) is 12.7 Å². The summed E-state index contributed by atoms with van der Waals surface area (Å²) in [5.41, 5.74) is 1.87. The lowest BCUT2D eigenvalue weighted by Crippen LogP contribution is -2.29. The van der Waals surface area contributed by atoms with Crippen LogP contribution in [0.2, 0.25) is 5.02 Å². The van der Waals surface area contributed by atoms with E-state index in [1.807, 2.05) is 32.0 Å². The maximum Gasteiger partial charge on any atom is 0.416 e. The molecule has 0 fully saturated rings. The Morgan fingerprint density at radius 3 is 2.50 bits per heavy atom. The fraction of sp³-hybridized carbons (Fsp3) is 0.235. The highest BCUT2D eigenvalue weighted by Gasteiger charge is 2.32. The molecule has 26 heavy (non-hydrogen) atoms. The van der Waals surface area contributed by atoms with Crippen molar-refractivity contribution >= 4 is 28.7 Å². The summed E-state index contributed by atoms with van der Waals surface area (Å²) >= 11 is 5.85. The Bertz CT molecular complexity index is 977. The smallest absolute Gasteiger partial charge is 0.332 e. The fourth-order valence-corrected chi connectivity index (χ4v) is 2.92. The molecule has 1 heterocycles. The first-order valence-electron chi connectivity index (χ1n) is 7.64. The fourth-order valence-electron chi connectivity index (χ4n) is 2.66. The summed E-state index contributed by atoms with van der Waals surface area (Å²) in [5, 5.41) is 9.78. The molecule has 1 amide bonds. The highest BCUT2D eigenvalue weighted by atomic mass is 35.5. The molecule has 3 aromatic rings. The Morgan fingerprint density at radius 2 is 1.88 bits per heavy atom. The van der Waals surface area contributed by atoms with E-state index in [1.54, 1.807) is 0 Å². The Labute approximate surface area is 151 Å². The van der Waals surface area contributed by atoms with Gasteiger partial charge in [-0.1, -0.05) is 35.0 Å². The summed E-state index contributed by atoms with van der Waals surface area (Å²) in [4.78, 5) is 12.4. The van der Waals surface area contributed by atoms with E-state index in [-0.39, 0.29) is 22.6 Å². The Kier molecular flexibility index (Phi) is 4.62. The quantitative estimate of drug-likeness (QED) is 0.711. The van der Waals surface area contributed by atoms with E-state index in [1.165, 1.54) is 0 Å². The molecule has 0 aliphatic heterocycles. The minimum atomic E-state index is -4.60. The van der Waals surface area contributed by atoms with Gasteiger partial charge < -0.3 is 5.32 Å². The number of rotatable bonds is 2. The van der Waals surface area contributed by atoms with Gasteiger partial charge in [0, 0.05) is 6.54 Å². The van der Waals surface area contributed by atoms with Gasteiger partial charge in [-0.15, -0.1) is 5.10 Å². The minimum Gasteiger partial charge on any atom is -0.332 e. The molecule has 0 unspecified atom stereocenters. The zero-order chi connectivity index (χ0) is 19.1. The van der Waals surface area contributed by atoms with Crippen LogP contribution in [-0.4, -0.2) is 21.0 Å². The van der Waals surface area contributed by atoms with E-state index in [2.05, 4.69) is 15.6 Å². The normalized spacial score (nSPS) is 11.8. The number of carbonyl (C=O) groups is 1. The number of amides is 1. The van der Waals surface area contributed by atoms with E-state index >= 15 is 0 Å². The monoisotopic (exact) mass is 382 g/mol. The van der Waals surface area contributed by atoms with Crippen molar-refractivity contribution in [1.82, 2.24) is 20.3 Å². The number of hydrogen-bond acceptors (Lipinski definition) is 3. The molecular weight excluding hydrogens is 369 g/mol. The van der Waals surface area contributed by atoms with Crippen LogP contribution in [0.4, 0.5) is 18.0 Å². The largest absolute Gasteiger partial charge is 0.416 e. The molecule has 5 nitrogen and oxygen atoms in total. The zero-order valence-electron chi connectivity index (χ0n) is 13.9. The second-order valence-corrected chi connectivity index (χ2v) is 6.26. The number of aromatic nitrogens is 3. The van der Waals surface area contributed by atoms with E-state index < -0.39 is 17.8 Å². The van der Waals surface area contributed by atoms with Gasteiger partial charge in [0.2, 0.25) is 0 Å². The summed E-state index contributed by atoms with van der Waals surface area (Å²) in [6.07, 6.45) is -4.60. The van der Waals surface area contributed by atoms with Crippen LogP contribution in [0.15, 0.2) is 30.3 Å². The van der Waals surface area contributed by atoms with Crippen molar-refractivity contribution in [3.63, 3.8) is 0 Å². The van der Waals surface area contributed by atoms with Crippen LogP contribution in [0.1, 0.15) is 22.3 Å². The lowest BCUT2D eigenvalue weighted by molar-refractivity contribution is -0.137. The number of hydrogen-bond donors (Lipinski definition) is 1. The maximum absolute atomic E-state index is 13.0. The number of carbonyl (C=O) groups excluding carboxylic acids is 1. The van der Waals surface area contributed by atoms with E-state index in [4.69, 9.17) is 11.6 Å². The van der Waals surface area contributed by atoms with E-state index in [9.17, 15) is 18.0 Å². The summed E-state index contributed by atoms with van der Waals surface area (Å²) in [5.74, 6) is 0. The topological polar surface area (TPSA) is 59.8 Å². The van der Waals surface area contributed by atoms with Crippen LogP contribution in [0, 0.1) is 13.8 Å². The van der Waals surface area contributed by atoms with E-state index in [0.717, 1.165) is 33.5 Å². The zero-order valence-corrected chi connectivity index (χ0v) is 14.6. The summed E-state index contributed by atoms with van der Waals surface area (Å²) in [7, 11) is 0. The molecule has 2 aromatic carbocycles. The molecule has 0 aliphatic carbocycles. The first kappa shape index (κ1) is 18.2. The van der Waals surface area contributed by atoms with Gasteiger partial charge in [0.25, 0.3) is 0 Å². The highest BCUT2D eigenvalue weighted by molar-refractivity contribution is 6.35. The van der Waals surface area contributed by atoms with Crippen molar-refractivity contribution in [3.8, 4) is 0 Å². The molecule has 136 valence electrons. The lowest BCUT2D eigenvalue weighted by Gasteiger charge is -2.11. The summed E-state index contributed by atoms with van der Waals surface area (Å²) in [6.45, 7) is 4.04. The Hall–Kier alpha value is -2.61. The van der Waals surface area contributed by atoms with Crippen LogP contribution in [0.3, 0.4) is 0 Å². The number of halogens is 4. The molecule has 0 saturated heterocycles. The molecule has 9 heteroatoms. The molecule has 0 spiro atoms. The van der Waals surface area contributed by atoms with Gasteiger partial charge in [0.15, 0.2) is 0 Å². The molecule has 3 rings (SSSR count). The van der Waals surface area contributed by atoms with Gasteiger partial charge >= 0.3 is 12.2 Å². The van der Waals surface area contributed by atoms with E-state index in [0.29, 0.717) is 0 Å². The van der Waals surface area contributed by atoms with Crippen LogP contribution in [0.5, 0.6) is 0 Å². The number of fused-ring (bicyclic) bond motifs is 1. The molecule has 0 saturated carbocycles. The standard InChI is InChI=1S/C17H14ClF3N4O/c1-9-4-3-5-10(2)12(9)8-22-16(26)25-14-7-11(17(19,20)21)6-13(18)15(14)23-24-25/h3-7H,8H2,1-2H3,(H,22,26). The second kappa shape index (κ2) is 6.60. The minimum absolute atomic E-state index is 0.0295. The molecule has 0 atom stereocenters. The third-order valence-corrected chi connectivity index (χ3v) is 4.37. The first-order chi connectivity index (χ1) is 12.2. The predicted octanol–water partition coefficient (Wildman–Crippen LogP) is 4.48. The van der Waals surface area contributed by atoms with Gasteiger partial charge in [-0.3, -0.25) is 0 Å². The third kappa shape index (κ3) is 3.37. The van der Waals surface area contributed by atoms with Crippen LogP contribution in [0.25, 0.3) is 11.0 Å². The molecule has 0 bridgehead atoms. The van der Waals surface area contributed by atoms with Gasteiger partial charge in [-0.25, -0.2) is 4.79 Å². The third-order valence-electron chi connectivity index (χ3n) is 4.09. The molecular formula is C17H14ClF3N4O. The van der Waals surface area contributed by atoms with Crippen molar-refractivity contribution in [2.75, 3.05) is 0 Å². The number of benzene rings is 2. The Balaban J connectivity index is 1.92. The van der Waals surface area contributed by atoms with Crippen molar-refractivity contribution in [3.05, 3.63) is 57.6 Å². The molecule has 0 radical (unpaired) electrons. The molecule has 0 aliphatic rings. The number of aryl methyl sites for hydroxylation is 2. The van der Waals surface area contributed by atoms with Crippen molar-refractivity contribution in [2.24, 2.45) is 0 Å². The predicted molar refractivity (Wildman–Crippen MR) is 91.1 cm³/mol. The average Bonchev–Trinajstić information content (AvgIpc) is 2.98. The van der Waals surface area contributed by atoms with Crippen LogP contribution >= 0.6 is 11.6 Å². The number of nitrogens with one attached hydrogen (secondary N) is 1. The van der Waals surface area contributed by atoms with Crippen LogP contribution < -0.4 is 5.32 Å². The SMILES string of the molecule is Cc1cccc(C)c1CNC(=O)n1nnc2c(Cl)cc(C(F)(F)F)cc21. The first-order valence-corrected chi connectivity index (χ1v) is 8.01. The Morgan fingerprint density at radius 1 is 1.23 bits per heavy atom. The molecule has 1 aromatic heterocycles. The second-order valence-electron chi connectivity index (χ2n) is 5.85. The van der Waals surface area contributed by atoms with Crippen molar-refractivity contribution < 1.29 is 18.0 Å². The van der Waals surface area contributed by atoms with Gasteiger partial charge in [-0.05, 0) is 42.7 Å². The molecule has 1 N–H and O–H groups in total. The number of nitrogens with zero attached hydrogens (tertiary/aromatic N) is 3. The van der Waals surface area contributed by atoms with Crippen molar-refractivity contribution in [2.45, 2.75) is 26.6 Å². The number of alkyl halides is 3. The summed E-state index contributed by atoms with van der Waals surface area (Å²) < 4.78 is 39.7. The average molecular weight is 383 g/mol. The van der Waals surface area contributed by atoms with Crippen molar-refractivity contribution in [1.29, 1.82) is 0 Å². The van der Waals surface area contributed by atoms with Gasteiger partial charge in [-0.2, -0.15) is 17.9 Å². The lowest BCUT2D eigenvalue weighted by atomic mass is 10.0. The summed E-state index contributed by atoms with van der Waals surface area (Å²) in [6, 6.07) is 6.60. The van der Waals surface area contributed by atoms with Gasteiger partial charge in [0.05, 0.1) is 10.6 Å². The maximum atomic E-state index is 13.0. The van der Waals surface area contributed by atoms with Gasteiger partial charge in [0.1, 0.15) is 11.0 Å².